The Kier molecular flexibility index (Phi) is 10.1. The van der Waals surface area contributed by atoms with E-state index in [1.54, 1.807) is 24.0 Å². The van der Waals surface area contributed by atoms with Gasteiger partial charge >= 0.3 is 6.18 Å². The number of benzene rings is 2. The smallest absolute Gasteiger partial charge is 0.416 e. The Labute approximate surface area is 252 Å². The molecule has 1 N–H and O–H groups in total. The molecule has 1 saturated heterocycles. The molecule has 0 aliphatic carbocycles. The van der Waals surface area contributed by atoms with E-state index in [4.69, 9.17) is 9.57 Å². The van der Waals surface area contributed by atoms with Gasteiger partial charge in [-0.3, -0.25) is 14.4 Å². The van der Waals surface area contributed by atoms with Crippen LogP contribution in [0.3, 0.4) is 0 Å². The average Bonchev–Trinajstić information content (AvgIpc) is 3.41. The highest BCUT2D eigenvalue weighted by Crippen LogP contribution is 2.32. The maximum atomic E-state index is 12.9. The fourth-order valence-corrected chi connectivity index (χ4v) is 5.48. The molecule has 44 heavy (non-hydrogen) atoms. The van der Waals surface area contributed by atoms with Gasteiger partial charge in [-0.25, -0.2) is 23.4 Å². The lowest BCUT2D eigenvalue weighted by molar-refractivity contribution is -0.169. The van der Waals surface area contributed by atoms with E-state index < -0.39 is 39.6 Å². The number of hydrogen-bond donors (Lipinski definition) is 1. The van der Waals surface area contributed by atoms with Crippen LogP contribution in [0.4, 0.5) is 19.1 Å². The molecule has 0 bridgehead atoms. The highest BCUT2D eigenvalue weighted by atomic mass is 32.2. The summed E-state index contributed by atoms with van der Waals surface area (Å²) in [6.45, 7) is 1.96. The minimum Gasteiger partial charge on any atom is -0.489 e. The van der Waals surface area contributed by atoms with Gasteiger partial charge in [-0.15, -0.1) is 0 Å². The molecule has 0 unspecified atom stereocenters. The standard InChI is InChI=1S/C29H32F3N5O6S/c1-4-44(40,41)25-11-5-19(6-12-25)15-33-27(39)20-16-34-28(35-17-20)37-18-24(13-22(37)14-26(38)36(2)42-3)43-23-9-7-21(8-10-23)29(30,31)32/h5-12,16-17,22,24H,4,13-15,18H2,1-3H3,(H,33,39)/t22-,24+/m0/s1. The van der Waals surface area contributed by atoms with Crippen LogP contribution in [0, 0.1) is 0 Å². The van der Waals surface area contributed by atoms with Crippen molar-refractivity contribution in [2.45, 2.75) is 49.5 Å². The van der Waals surface area contributed by atoms with Crippen LogP contribution in [0.15, 0.2) is 65.8 Å². The number of sulfone groups is 1. The number of halogens is 3. The Bertz CT molecular complexity index is 1550. The SMILES string of the molecule is CCS(=O)(=O)c1ccc(CNC(=O)c2cnc(N3C[C@H](Oc4ccc(C(F)(F)F)cc4)C[C@H]3CC(=O)N(C)OC)nc2)cc1. The predicted molar refractivity (Wildman–Crippen MR) is 153 cm³/mol. The average molecular weight is 636 g/mol. The monoisotopic (exact) mass is 635 g/mol. The summed E-state index contributed by atoms with van der Waals surface area (Å²) in [7, 11) is -0.487. The molecular formula is C29H32F3N5O6S. The number of ether oxygens (including phenoxy) is 1. The number of amides is 2. The quantitative estimate of drug-likeness (QED) is 0.314. The lowest BCUT2D eigenvalue weighted by atomic mass is 10.1. The van der Waals surface area contributed by atoms with Gasteiger partial charge in [0, 0.05) is 44.9 Å². The van der Waals surface area contributed by atoms with Crippen molar-refractivity contribution in [2.75, 3.05) is 31.4 Å². The van der Waals surface area contributed by atoms with Gasteiger partial charge in [0.1, 0.15) is 11.9 Å². The van der Waals surface area contributed by atoms with Crippen LogP contribution >= 0.6 is 0 Å². The van der Waals surface area contributed by atoms with Gasteiger partial charge in [-0.2, -0.15) is 13.2 Å². The second-order valence-corrected chi connectivity index (χ2v) is 12.4. The van der Waals surface area contributed by atoms with Crippen LogP contribution in [0.1, 0.15) is 41.3 Å². The highest BCUT2D eigenvalue weighted by molar-refractivity contribution is 7.91. The molecule has 3 aromatic rings. The van der Waals surface area contributed by atoms with E-state index in [0.717, 1.165) is 17.2 Å². The summed E-state index contributed by atoms with van der Waals surface area (Å²) in [5.74, 6) is -0.275. The van der Waals surface area contributed by atoms with Crippen molar-refractivity contribution < 1.29 is 40.8 Å². The van der Waals surface area contributed by atoms with Crippen molar-refractivity contribution in [1.29, 1.82) is 0 Å². The Morgan fingerprint density at radius 1 is 1.07 bits per heavy atom. The van der Waals surface area contributed by atoms with Gasteiger partial charge in [0.2, 0.25) is 11.9 Å². The largest absolute Gasteiger partial charge is 0.489 e. The van der Waals surface area contributed by atoms with E-state index in [-0.39, 0.29) is 53.3 Å². The molecule has 15 heteroatoms. The number of hydroxylamine groups is 2. The summed E-state index contributed by atoms with van der Waals surface area (Å²) in [6.07, 6.45) is -1.87. The van der Waals surface area contributed by atoms with E-state index in [9.17, 15) is 31.2 Å². The number of carbonyl (C=O) groups is 2. The summed E-state index contributed by atoms with van der Waals surface area (Å²) in [6, 6.07) is 10.2. The minimum absolute atomic E-state index is 0.00933. The van der Waals surface area contributed by atoms with E-state index in [1.807, 2.05) is 0 Å². The second-order valence-electron chi connectivity index (χ2n) is 10.1. The van der Waals surface area contributed by atoms with E-state index >= 15 is 0 Å². The molecule has 1 aromatic heterocycles. The molecule has 11 nitrogen and oxygen atoms in total. The molecule has 1 aliphatic heterocycles. The Balaban J connectivity index is 1.43. The molecule has 1 aliphatic rings. The molecule has 0 saturated carbocycles. The van der Waals surface area contributed by atoms with Gasteiger partial charge in [0.25, 0.3) is 5.91 Å². The zero-order valence-electron chi connectivity index (χ0n) is 24.2. The molecule has 2 amide bonds. The molecular weight excluding hydrogens is 603 g/mol. The maximum absolute atomic E-state index is 12.9. The molecule has 4 rings (SSSR count). The minimum atomic E-state index is -4.47. The van der Waals surface area contributed by atoms with Crippen LogP contribution in [0.5, 0.6) is 5.75 Å². The van der Waals surface area contributed by atoms with Crippen LogP contribution < -0.4 is 15.0 Å². The summed E-state index contributed by atoms with van der Waals surface area (Å²) < 4.78 is 68.7. The van der Waals surface area contributed by atoms with Crippen LogP contribution in [-0.2, 0) is 32.2 Å². The zero-order valence-corrected chi connectivity index (χ0v) is 25.1. The third kappa shape index (κ3) is 8.02. The van der Waals surface area contributed by atoms with E-state index in [1.165, 1.54) is 50.8 Å². The Morgan fingerprint density at radius 2 is 1.70 bits per heavy atom. The third-order valence-corrected chi connectivity index (χ3v) is 8.92. The Morgan fingerprint density at radius 3 is 2.27 bits per heavy atom. The predicted octanol–water partition coefficient (Wildman–Crippen LogP) is 3.66. The summed E-state index contributed by atoms with van der Waals surface area (Å²) >= 11 is 0. The van der Waals surface area contributed by atoms with Gasteiger partial charge < -0.3 is 15.0 Å². The number of aromatic nitrogens is 2. The van der Waals surface area contributed by atoms with Crippen LogP contribution in [-0.4, -0.2) is 73.9 Å². The lowest BCUT2D eigenvalue weighted by Crippen LogP contribution is -2.37. The van der Waals surface area contributed by atoms with Crippen molar-refractivity contribution in [3.63, 3.8) is 0 Å². The molecule has 2 heterocycles. The van der Waals surface area contributed by atoms with Gasteiger partial charge in [-0.05, 0) is 42.0 Å². The zero-order chi connectivity index (χ0) is 32.1. The number of alkyl halides is 3. The van der Waals surface area contributed by atoms with Crippen molar-refractivity contribution in [3.05, 3.63) is 77.6 Å². The molecule has 236 valence electrons. The van der Waals surface area contributed by atoms with Gasteiger partial charge in [0.05, 0.1) is 35.4 Å². The number of rotatable bonds is 11. The molecule has 2 atom stereocenters. The summed E-state index contributed by atoms with van der Waals surface area (Å²) in [5, 5.41) is 3.83. The highest BCUT2D eigenvalue weighted by Gasteiger charge is 2.37. The Hall–Kier alpha value is -4.24. The lowest BCUT2D eigenvalue weighted by Gasteiger charge is -2.25. The summed E-state index contributed by atoms with van der Waals surface area (Å²) in [4.78, 5) is 41.0. The van der Waals surface area contributed by atoms with Crippen molar-refractivity contribution in [2.24, 2.45) is 0 Å². The third-order valence-electron chi connectivity index (χ3n) is 7.17. The van der Waals surface area contributed by atoms with Crippen LogP contribution in [0.2, 0.25) is 0 Å². The van der Waals surface area contributed by atoms with Crippen molar-refractivity contribution >= 4 is 27.6 Å². The maximum Gasteiger partial charge on any atom is 0.416 e. The first kappa shape index (κ1) is 32.7. The molecule has 1 fully saturated rings. The van der Waals surface area contributed by atoms with Gasteiger partial charge in [0.15, 0.2) is 9.84 Å². The van der Waals surface area contributed by atoms with Crippen molar-refractivity contribution in [3.8, 4) is 5.75 Å². The normalized spacial score (nSPS) is 16.9. The second kappa shape index (κ2) is 13.6. The first-order chi connectivity index (χ1) is 20.8. The fraction of sp³-hybridized carbons (Fsp3) is 0.379. The van der Waals surface area contributed by atoms with Crippen LogP contribution in [0.25, 0.3) is 0 Å². The fourth-order valence-electron chi connectivity index (χ4n) is 4.60. The summed E-state index contributed by atoms with van der Waals surface area (Å²) in [5.41, 5.74) is 0.0971. The number of nitrogens with one attached hydrogen (secondary N) is 1. The topological polar surface area (TPSA) is 131 Å². The van der Waals surface area contributed by atoms with E-state index in [2.05, 4.69) is 15.3 Å². The molecule has 0 radical (unpaired) electrons. The molecule has 2 aromatic carbocycles. The number of anilines is 1. The van der Waals surface area contributed by atoms with E-state index in [0.29, 0.717) is 12.0 Å². The number of carbonyl (C=O) groups excluding carboxylic acids is 2. The number of nitrogens with zero attached hydrogens (tertiary/aromatic N) is 4. The first-order valence-corrected chi connectivity index (χ1v) is 15.3. The molecule has 0 spiro atoms. The number of hydrogen-bond acceptors (Lipinski definition) is 9. The van der Waals surface area contributed by atoms with Crippen molar-refractivity contribution in [1.82, 2.24) is 20.3 Å². The van der Waals surface area contributed by atoms with Gasteiger partial charge in [-0.1, -0.05) is 19.1 Å². The first-order valence-electron chi connectivity index (χ1n) is 13.6.